The quantitative estimate of drug-likeness (QED) is 0.574. The van der Waals surface area contributed by atoms with Crippen LogP contribution < -0.4 is 21.2 Å². The smallest absolute Gasteiger partial charge is 0.240 e. The van der Waals surface area contributed by atoms with Gasteiger partial charge in [0.2, 0.25) is 23.0 Å². The standard InChI is InChI=1S/C22H28N2O6/c1-5-12(2)19(22(23)28)24-18(26)11-16(14-6-8-15(29-4)9-7-14)21-20(27)17(25)10-13(3)30-21/h6-10,12,16,19,27H,5,11H2,1-4H3,(H2,23,28)(H,24,26). The van der Waals surface area contributed by atoms with Crippen LogP contribution in [0.1, 0.15) is 49.7 Å². The molecule has 3 atom stereocenters. The van der Waals surface area contributed by atoms with Crippen molar-refractivity contribution in [2.24, 2.45) is 11.7 Å². The monoisotopic (exact) mass is 416 g/mol. The number of benzene rings is 1. The highest BCUT2D eigenvalue weighted by Crippen LogP contribution is 2.33. The molecular weight excluding hydrogens is 388 g/mol. The Morgan fingerprint density at radius 3 is 2.43 bits per heavy atom. The number of aromatic hydroxyl groups is 1. The number of hydrogen-bond acceptors (Lipinski definition) is 6. The first-order valence-corrected chi connectivity index (χ1v) is 9.74. The molecule has 162 valence electrons. The SMILES string of the molecule is CCC(C)C(NC(=O)CC(c1ccc(OC)cc1)c1oc(C)cc(=O)c1O)C(N)=O. The summed E-state index contributed by atoms with van der Waals surface area (Å²) in [5.41, 5.74) is 5.48. The van der Waals surface area contributed by atoms with Gasteiger partial charge in [-0.25, -0.2) is 0 Å². The van der Waals surface area contributed by atoms with Crippen molar-refractivity contribution in [1.82, 2.24) is 5.32 Å². The number of methoxy groups -OCH3 is 1. The first-order chi connectivity index (χ1) is 14.2. The maximum absolute atomic E-state index is 12.8. The molecule has 1 heterocycles. The molecule has 2 aromatic rings. The molecule has 1 aromatic heterocycles. The van der Waals surface area contributed by atoms with Crippen molar-refractivity contribution >= 4 is 11.8 Å². The Morgan fingerprint density at radius 1 is 1.27 bits per heavy atom. The molecule has 0 saturated carbocycles. The summed E-state index contributed by atoms with van der Waals surface area (Å²) in [6.45, 7) is 5.30. The van der Waals surface area contributed by atoms with E-state index >= 15 is 0 Å². The number of ether oxygens (including phenoxy) is 1. The Kier molecular flexibility index (Phi) is 7.63. The number of hydrogen-bond donors (Lipinski definition) is 3. The summed E-state index contributed by atoms with van der Waals surface area (Å²) in [5.74, 6) is -1.62. The molecule has 30 heavy (non-hydrogen) atoms. The van der Waals surface area contributed by atoms with Gasteiger partial charge in [0.15, 0.2) is 5.76 Å². The topological polar surface area (TPSA) is 132 Å². The fourth-order valence-electron chi connectivity index (χ4n) is 3.21. The summed E-state index contributed by atoms with van der Waals surface area (Å²) in [7, 11) is 1.53. The molecule has 0 bridgehead atoms. The molecule has 0 aliphatic carbocycles. The number of rotatable bonds is 9. The van der Waals surface area contributed by atoms with E-state index in [-0.39, 0.29) is 18.1 Å². The molecule has 8 heteroatoms. The van der Waals surface area contributed by atoms with Crippen molar-refractivity contribution in [1.29, 1.82) is 0 Å². The lowest BCUT2D eigenvalue weighted by Crippen LogP contribution is -2.48. The Hall–Kier alpha value is -3.29. The summed E-state index contributed by atoms with van der Waals surface area (Å²) < 4.78 is 10.8. The third kappa shape index (κ3) is 5.40. The summed E-state index contributed by atoms with van der Waals surface area (Å²) in [5, 5.41) is 13.0. The first-order valence-electron chi connectivity index (χ1n) is 9.74. The van der Waals surface area contributed by atoms with Crippen LogP contribution in [-0.4, -0.2) is 30.1 Å². The minimum atomic E-state index is -0.822. The van der Waals surface area contributed by atoms with Gasteiger partial charge >= 0.3 is 0 Å². The highest BCUT2D eigenvalue weighted by molar-refractivity contribution is 5.87. The normalized spacial score (nSPS) is 13.9. The number of aryl methyl sites for hydroxylation is 1. The maximum Gasteiger partial charge on any atom is 0.240 e. The van der Waals surface area contributed by atoms with Crippen molar-refractivity contribution in [3.63, 3.8) is 0 Å². The molecule has 0 saturated heterocycles. The van der Waals surface area contributed by atoms with Crippen LogP contribution in [0.3, 0.4) is 0 Å². The molecule has 1 aromatic carbocycles. The molecule has 0 spiro atoms. The van der Waals surface area contributed by atoms with Crippen LogP contribution in [0.2, 0.25) is 0 Å². The highest BCUT2D eigenvalue weighted by Gasteiger charge is 2.29. The molecule has 0 radical (unpaired) electrons. The van der Waals surface area contributed by atoms with Gasteiger partial charge in [-0.05, 0) is 30.5 Å². The Bertz CT molecular complexity index is 951. The second-order valence-electron chi connectivity index (χ2n) is 7.30. The zero-order chi connectivity index (χ0) is 22.4. The van der Waals surface area contributed by atoms with Crippen LogP contribution in [0.5, 0.6) is 11.5 Å². The Balaban J connectivity index is 2.42. The van der Waals surface area contributed by atoms with Crippen molar-refractivity contribution < 1.29 is 23.8 Å². The molecule has 0 fully saturated rings. The van der Waals surface area contributed by atoms with E-state index in [4.69, 9.17) is 14.9 Å². The first kappa shape index (κ1) is 23.0. The Labute approximate surface area is 175 Å². The minimum Gasteiger partial charge on any atom is -0.502 e. The van der Waals surface area contributed by atoms with Crippen molar-refractivity contribution in [2.45, 2.75) is 45.6 Å². The van der Waals surface area contributed by atoms with Crippen LogP contribution >= 0.6 is 0 Å². The second kappa shape index (κ2) is 9.96. The van der Waals surface area contributed by atoms with Crippen molar-refractivity contribution in [3.8, 4) is 11.5 Å². The average Bonchev–Trinajstić information content (AvgIpc) is 2.72. The summed E-state index contributed by atoms with van der Waals surface area (Å²) in [6, 6.07) is 7.21. The lowest BCUT2D eigenvalue weighted by atomic mass is 9.91. The Morgan fingerprint density at radius 2 is 1.90 bits per heavy atom. The molecular formula is C22H28N2O6. The van der Waals surface area contributed by atoms with E-state index < -0.39 is 35.0 Å². The molecule has 4 N–H and O–H groups in total. The van der Waals surface area contributed by atoms with Gasteiger partial charge in [0.1, 0.15) is 17.6 Å². The van der Waals surface area contributed by atoms with Gasteiger partial charge < -0.3 is 25.3 Å². The van der Waals surface area contributed by atoms with E-state index in [9.17, 15) is 19.5 Å². The van der Waals surface area contributed by atoms with Gasteiger partial charge in [-0.15, -0.1) is 0 Å². The maximum atomic E-state index is 12.8. The minimum absolute atomic E-state index is 0.0144. The van der Waals surface area contributed by atoms with Crippen molar-refractivity contribution in [3.05, 3.63) is 57.6 Å². The molecule has 0 aliphatic rings. The highest BCUT2D eigenvalue weighted by atomic mass is 16.5. The van der Waals surface area contributed by atoms with E-state index in [1.54, 1.807) is 31.2 Å². The molecule has 3 unspecified atom stereocenters. The number of primary amides is 1. The fourth-order valence-corrected chi connectivity index (χ4v) is 3.21. The van der Waals surface area contributed by atoms with Gasteiger partial charge in [-0.2, -0.15) is 0 Å². The van der Waals surface area contributed by atoms with Gasteiger partial charge in [-0.1, -0.05) is 32.4 Å². The third-order valence-corrected chi connectivity index (χ3v) is 5.13. The molecule has 8 nitrogen and oxygen atoms in total. The second-order valence-corrected chi connectivity index (χ2v) is 7.30. The summed E-state index contributed by atoms with van der Waals surface area (Å²) >= 11 is 0. The largest absolute Gasteiger partial charge is 0.502 e. The van der Waals surface area contributed by atoms with E-state index in [2.05, 4.69) is 5.32 Å². The third-order valence-electron chi connectivity index (χ3n) is 5.13. The number of carbonyl (C=O) groups is 2. The number of nitrogens with one attached hydrogen (secondary N) is 1. The van der Waals surface area contributed by atoms with E-state index in [0.29, 0.717) is 23.5 Å². The summed E-state index contributed by atoms with van der Waals surface area (Å²) in [6.07, 6.45) is 0.496. The zero-order valence-corrected chi connectivity index (χ0v) is 17.6. The van der Waals surface area contributed by atoms with Gasteiger partial charge in [0.05, 0.1) is 13.0 Å². The van der Waals surface area contributed by atoms with Crippen LogP contribution in [0.4, 0.5) is 0 Å². The number of amides is 2. The number of carbonyl (C=O) groups excluding carboxylic acids is 2. The predicted molar refractivity (Wildman–Crippen MR) is 111 cm³/mol. The van der Waals surface area contributed by atoms with Gasteiger partial charge in [0, 0.05) is 12.5 Å². The van der Waals surface area contributed by atoms with E-state index in [0.717, 1.165) is 0 Å². The van der Waals surface area contributed by atoms with E-state index in [1.165, 1.54) is 13.2 Å². The van der Waals surface area contributed by atoms with Gasteiger partial charge in [-0.3, -0.25) is 14.4 Å². The predicted octanol–water partition coefficient (Wildman–Crippen LogP) is 2.20. The fraction of sp³-hybridized carbons (Fsp3) is 0.409. The van der Waals surface area contributed by atoms with E-state index in [1.807, 2.05) is 13.8 Å². The van der Waals surface area contributed by atoms with Gasteiger partial charge in [0.25, 0.3) is 0 Å². The average molecular weight is 416 g/mol. The van der Waals surface area contributed by atoms with Crippen LogP contribution in [0, 0.1) is 12.8 Å². The number of nitrogens with two attached hydrogens (primary N) is 1. The van der Waals surface area contributed by atoms with Crippen LogP contribution in [0.25, 0.3) is 0 Å². The molecule has 2 rings (SSSR count). The lowest BCUT2D eigenvalue weighted by Gasteiger charge is -2.23. The molecule has 2 amide bonds. The summed E-state index contributed by atoms with van der Waals surface area (Å²) in [4.78, 5) is 36.6. The molecule has 0 aliphatic heterocycles. The zero-order valence-electron chi connectivity index (χ0n) is 17.6. The van der Waals surface area contributed by atoms with Crippen LogP contribution in [-0.2, 0) is 9.59 Å². The van der Waals surface area contributed by atoms with Crippen LogP contribution in [0.15, 0.2) is 39.5 Å². The van der Waals surface area contributed by atoms with Crippen molar-refractivity contribution in [2.75, 3.05) is 7.11 Å². The lowest BCUT2D eigenvalue weighted by molar-refractivity contribution is -0.128.